The Kier molecular flexibility index (Phi) is 15.1. The molecule has 18 nitrogen and oxygen atoms in total. The first-order chi connectivity index (χ1) is 29.2. The topological polar surface area (TPSA) is 219 Å². The van der Waals surface area contributed by atoms with Crippen LogP contribution in [0.15, 0.2) is 9.98 Å². The minimum absolute atomic E-state index is 0.0181. The molecule has 2 saturated heterocycles. The predicted octanol–water partition coefficient (Wildman–Crippen LogP) is 6.07. The van der Waals surface area contributed by atoms with Gasteiger partial charge in [-0.3, -0.25) is 28.8 Å². The Labute approximate surface area is 383 Å². The molecule has 0 unspecified atom stereocenters. The highest BCUT2D eigenvalue weighted by Gasteiger charge is 2.61. The molecule has 10 atom stereocenters. The summed E-state index contributed by atoms with van der Waals surface area (Å²) in [6.07, 6.45) is -10.00. The molecule has 65 heavy (non-hydrogen) atoms. The van der Waals surface area contributed by atoms with Gasteiger partial charge in [0.2, 0.25) is 24.4 Å². The molecule has 4 rings (SSSR count). The van der Waals surface area contributed by atoms with Crippen molar-refractivity contribution in [1.29, 1.82) is 0 Å². The third kappa shape index (κ3) is 12.6. The number of fused-ring (bicyclic) bond motifs is 2. The van der Waals surface area contributed by atoms with Crippen molar-refractivity contribution in [2.24, 2.45) is 47.9 Å². The molecule has 18 heteroatoms. The maximum atomic E-state index is 13.6. The molecular formula is C47H74N2O16. The number of rotatable bonds is 10. The molecule has 0 N–H and O–H groups in total. The van der Waals surface area contributed by atoms with Crippen molar-refractivity contribution < 1.29 is 76.1 Å². The number of hydrogen-bond donors (Lipinski definition) is 0. The number of carbonyl (C=O) groups excluding carboxylic acids is 6. The highest BCUT2D eigenvalue weighted by atomic mass is 16.7. The highest BCUT2D eigenvalue weighted by Crippen LogP contribution is 2.42. The summed E-state index contributed by atoms with van der Waals surface area (Å²) in [5.41, 5.74) is -7.08. The lowest BCUT2D eigenvalue weighted by Crippen LogP contribution is -2.61. The first-order valence-corrected chi connectivity index (χ1v) is 22.2. The van der Waals surface area contributed by atoms with E-state index in [1.807, 2.05) is 0 Å². The van der Waals surface area contributed by atoms with Gasteiger partial charge in [0.1, 0.15) is 30.8 Å². The first kappa shape index (κ1) is 53.3. The number of aliphatic imine (C=N–C) groups is 2. The quantitative estimate of drug-likeness (QED) is 0.179. The van der Waals surface area contributed by atoms with E-state index in [9.17, 15) is 28.8 Å². The molecule has 0 amide bonds. The van der Waals surface area contributed by atoms with Crippen molar-refractivity contribution in [3.63, 3.8) is 0 Å². The van der Waals surface area contributed by atoms with Gasteiger partial charge >= 0.3 is 35.8 Å². The van der Waals surface area contributed by atoms with Gasteiger partial charge in [0.05, 0.1) is 32.5 Å². The van der Waals surface area contributed by atoms with Gasteiger partial charge in [0.15, 0.2) is 36.5 Å². The summed E-state index contributed by atoms with van der Waals surface area (Å²) in [6, 6.07) is -2.21. The van der Waals surface area contributed by atoms with Crippen LogP contribution in [0.3, 0.4) is 0 Å². The molecule has 0 radical (unpaired) electrons. The van der Waals surface area contributed by atoms with Gasteiger partial charge in [0, 0.05) is 0 Å². The van der Waals surface area contributed by atoms with Crippen LogP contribution in [0.2, 0.25) is 0 Å². The van der Waals surface area contributed by atoms with Gasteiger partial charge < -0.3 is 47.4 Å². The highest BCUT2D eigenvalue weighted by molar-refractivity contribution is 6.05. The summed E-state index contributed by atoms with van der Waals surface area (Å²) in [7, 11) is 0. The molecular weight excluding hydrogens is 849 g/mol. The Morgan fingerprint density at radius 1 is 0.400 bits per heavy atom. The standard InChI is InChI=1S/C47H74N2O16/c1-41(2,3)35(50)56-21-23-27(60-37(52)43(7,8)9)29(62-39(54)45(13,14)15)25-31(58-23)64-33(48-25)47(19,20)34-49-26-30(63-40(55)46(16,17)18)28(61-38(53)44(10,11)12)24(59-32(26)65-34)22-57-36(51)42(4,5)6/h23-32H,21-22H2,1-20H3/t23-,24-,25-,26-,27-,28-,29-,30-,31-,32-/m1/s1. The second-order valence-corrected chi connectivity index (χ2v) is 24.0. The van der Waals surface area contributed by atoms with E-state index in [2.05, 4.69) is 0 Å². The molecule has 0 aromatic carbocycles. The average Bonchev–Trinajstić information content (AvgIpc) is 3.78. The Morgan fingerprint density at radius 3 is 0.892 bits per heavy atom. The normalized spacial score (nSPS) is 28.5. The number of ether oxygens (including phenoxy) is 10. The van der Waals surface area contributed by atoms with Crippen molar-refractivity contribution >= 4 is 47.6 Å². The summed E-state index contributed by atoms with van der Waals surface area (Å²) in [5, 5.41) is 0. The first-order valence-electron chi connectivity index (χ1n) is 22.2. The number of nitrogens with zero attached hydrogens (tertiary/aromatic N) is 2. The Bertz CT molecular complexity index is 1760. The SMILES string of the molecule is CC(C)(C)C(=O)OC[C@H]1O[C@@H]2OC(C(C)(C)C3=N[C@H]4[C@@H](O3)O[C@H](COC(=O)C(C)(C)C)[C@@H](OC(=O)C(C)(C)C)[C@@H]4OC(=O)C(C)(C)C)=N[C@@H]2[C@@H](OC(=O)C(C)(C)C)[C@@H]1OC(=O)C(C)(C)C. The third-order valence-corrected chi connectivity index (χ3v) is 10.7. The summed E-state index contributed by atoms with van der Waals surface area (Å²) < 4.78 is 61.4. The smallest absolute Gasteiger partial charge is 0.311 e. The second kappa shape index (κ2) is 18.4. The van der Waals surface area contributed by atoms with Crippen LogP contribution in [0.5, 0.6) is 0 Å². The minimum atomic E-state index is -1.35. The summed E-state index contributed by atoms with van der Waals surface area (Å²) in [5.74, 6) is -3.57. The van der Waals surface area contributed by atoms with Crippen molar-refractivity contribution in [2.75, 3.05) is 13.2 Å². The Morgan fingerprint density at radius 2 is 0.646 bits per heavy atom. The van der Waals surface area contributed by atoms with E-state index in [1.165, 1.54) is 0 Å². The van der Waals surface area contributed by atoms with E-state index in [0.717, 1.165) is 0 Å². The van der Waals surface area contributed by atoms with Crippen LogP contribution in [-0.4, -0.2) is 122 Å². The summed E-state index contributed by atoms with van der Waals surface area (Å²) in [6.45, 7) is 32.8. The van der Waals surface area contributed by atoms with Crippen molar-refractivity contribution in [1.82, 2.24) is 0 Å². The fraction of sp³-hybridized carbons (Fsp3) is 0.830. The lowest BCUT2D eigenvalue weighted by molar-refractivity contribution is -0.256. The maximum Gasteiger partial charge on any atom is 0.311 e. The van der Waals surface area contributed by atoms with Crippen LogP contribution in [0.25, 0.3) is 0 Å². The van der Waals surface area contributed by atoms with E-state index < -0.39 is 135 Å². The predicted molar refractivity (Wildman–Crippen MR) is 234 cm³/mol. The molecule has 0 saturated carbocycles. The van der Waals surface area contributed by atoms with Gasteiger partial charge in [-0.25, -0.2) is 9.98 Å². The third-order valence-electron chi connectivity index (χ3n) is 10.7. The minimum Gasteiger partial charge on any atom is -0.462 e. The second-order valence-electron chi connectivity index (χ2n) is 24.0. The zero-order valence-electron chi connectivity index (χ0n) is 42.1. The molecule has 0 bridgehead atoms. The molecule has 0 aromatic rings. The fourth-order valence-corrected chi connectivity index (χ4v) is 6.28. The van der Waals surface area contributed by atoms with E-state index in [0.29, 0.717) is 0 Å². The zero-order valence-corrected chi connectivity index (χ0v) is 42.1. The molecule has 368 valence electrons. The van der Waals surface area contributed by atoms with Gasteiger partial charge in [-0.1, -0.05) is 0 Å². The van der Waals surface area contributed by atoms with Crippen LogP contribution in [0, 0.1) is 37.9 Å². The fourth-order valence-electron chi connectivity index (χ4n) is 6.28. The summed E-state index contributed by atoms with van der Waals surface area (Å²) >= 11 is 0. The van der Waals surface area contributed by atoms with Crippen LogP contribution in [0.4, 0.5) is 0 Å². The number of esters is 6. The monoisotopic (exact) mass is 923 g/mol. The van der Waals surface area contributed by atoms with Crippen LogP contribution in [-0.2, 0) is 76.1 Å². The van der Waals surface area contributed by atoms with Gasteiger partial charge in [-0.15, -0.1) is 0 Å². The van der Waals surface area contributed by atoms with Gasteiger partial charge in [-0.05, 0) is 138 Å². The van der Waals surface area contributed by atoms with Crippen LogP contribution >= 0.6 is 0 Å². The molecule has 4 aliphatic rings. The van der Waals surface area contributed by atoms with Gasteiger partial charge in [-0.2, -0.15) is 0 Å². The largest absolute Gasteiger partial charge is 0.462 e. The molecule has 4 aliphatic heterocycles. The molecule has 0 spiro atoms. The maximum absolute atomic E-state index is 13.6. The molecule has 0 aliphatic carbocycles. The van der Waals surface area contributed by atoms with E-state index >= 15 is 0 Å². The number of carbonyl (C=O) groups is 6. The molecule has 2 fully saturated rings. The van der Waals surface area contributed by atoms with Crippen molar-refractivity contribution in [2.45, 2.75) is 200 Å². The van der Waals surface area contributed by atoms with Crippen molar-refractivity contribution in [3.8, 4) is 0 Å². The number of hydrogen-bond acceptors (Lipinski definition) is 18. The van der Waals surface area contributed by atoms with Crippen LogP contribution < -0.4 is 0 Å². The lowest BCUT2D eigenvalue weighted by Gasteiger charge is -2.42. The zero-order chi connectivity index (χ0) is 49.8. The van der Waals surface area contributed by atoms with E-state index in [4.69, 9.17) is 57.4 Å². The van der Waals surface area contributed by atoms with Crippen molar-refractivity contribution in [3.05, 3.63) is 0 Å². The summed E-state index contributed by atoms with van der Waals surface area (Å²) in [4.78, 5) is 90.1. The Balaban J connectivity index is 1.80. The van der Waals surface area contributed by atoms with Crippen LogP contribution in [0.1, 0.15) is 138 Å². The van der Waals surface area contributed by atoms with Gasteiger partial charge in [0.25, 0.3) is 0 Å². The van der Waals surface area contributed by atoms with E-state index in [1.54, 1.807) is 138 Å². The average molecular weight is 923 g/mol. The lowest BCUT2D eigenvalue weighted by atomic mass is 9.92. The molecule has 0 aromatic heterocycles. The Hall–Kier alpha value is -4.32. The molecule has 4 heterocycles. The van der Waals surface area contributed by atoms with E-state index in [-0.39, 0.29) is 25.0 Å².